The summed E-state index contributed by atoms with van der Waals surface area (Å²) in [4.78, 5) is 26.4. The first-order chi connectivity index (χ1) is 9.06. The van der Waals surface area contributed by atoms with E-state index in [1.54, 1.807) is 16.8 Å². The summed E-state index contributed by atoms with van der Waals surface area (Å²) in [7, 11) is 1.74. The molecule has 1 saturated heterocycles. The molecular weight excluding hydrogens is 248 g/mol. The first-order valence-electron chi connectivity index (χ1n) is 6.90. The quantitative estimate of drug-likeness (QED) is 0.707. The molecule has 110 valence electrons. The Hall–Kier alpha value is -1.30. The van der Waals surface area contributed by atoms with Crippen LogP contribution in [-0.2, 0) is 4.79 Å². The minimum absolute atomic E-state index is 0.0880. The molecule has 1 rings (SSSR count). The zero-order chi connectivity index (χ0) is 14.3. The lowest BCUT2D eigenvalue weighted by atomic mass is 9.99. The number of aliphatic carboxylic acids is 1. The monoisotopic (exact) mass is 272 g/mol. The maximum Gasteiger partial charge on any atom is 0.319 e. The minimum atomic E-state index is -0.817. The number of carbonyl (C=O) groups is 2. The third-order valence-electron chi connectivity index (χ3n) is 3.52. The van der Waals surface area contributed by atoms with Gasteiger partial charge in [-0.15, -0.1) is 0 Å². The van der Waals surface area contributed by atoms with Gasteiger partial charge in [0.05, 0.1) is 5.92 Å². The Morgan fingerprint density at radius 1 is 1.32 bits per heavy atom. The second-order valence-electron chi connectivity index (χ2n) is 5.11. The van der Waals surface area contributed by atoms with Crippen molar-refractivity contribution in [2.45, 2.75) is 32.1 Å². The summed E-state index contributed by atoms with van der Waals surface area (Å²) in [6.45, 7) is 1.79. The minimum Gasteiger partial charge on any atom is -0.481 e. The first-order valence-corrected chi connectivity index (χ1v) is 6.90. The lowest BCUT2D eigenvalue weighted by Crippen LogP contribution is -2.47. The fraction of sp³-hybridized carbons (Fsp3) is 0.846. The van der Waals surface area contributed by atoms with Crippen LogP contribution >= 0.6 is 0 Å². The number of carboxylic acid groups (broad SMARTS) is 1. The molecule has 0 radical (unpaired) electrons. The molecule has 1 atom stereocenters. The molecule has 0 aromatic heterocycles. The highest BCUT2D eigenvalue weighted by Crippen LogP contribution is 2.17. The van der Waals surface area contributed by atoms with Gasteiger partial charge in [0, 0.05) is 33.3 Å². The Morgan fingerprint density at radius 2 is 2.05 bits per heavy atom. The van der Waals surface area contributed by atoms with Crippen LogP contribution in [0.1, 0.15) is 32.1 Å². The lowest BCUT2D eigenvalue weighted by molar-refractivity contribution is -0.143. The number of likely N-dealkylation sites (tertiary alicyclic amines) is 1. The summed E-state index contributed by atoms with van der Waals surface area (Å²) in [6.07, 6.45) is 3.91. The van der Waals surface area contributed by atoms with Gasteiger partial charge in [0.25, 0.3) is 0 Å². The summed E-state index contributed by atoms with van der Waals surface area (Å²) in [6, 6.07) is -0.0880. The van der Waals surface area contributed by atoms with Crippen LogP contribution in [0.5, 0.6) is 0 Å². The smallest absolute Gasteiger partial charge is 0.319 e. The fourth-order valence-corrected chi connectivity index (χ4v) is 2.33. The normalized spacial score (nSPS) is 19.3. The first kappa shape index (κ1) is 15.8. The van der Waals surface area contributed by atoms with Crippen LogP contribution in [-0.4, -0.2) is 65.3 Å². The fourth-order valence-electron chi connectivity index (χ4n) is 2.33. The standard InChI is InChI=1S/C13H24N2O4/c1-14(7-3-2-4-9-16)13(19)15-8-5-6-11(10-15)12(17)18/h11,16H,2-10H2,1H3,(H,17,18)/t11-/m0/s1. The van der Waals surface area contributed by atoms with Crippen LogP contribution in [0.15, 0.2) is 0 Å². The van der Waals surface area contributed by atoms with Gasteiger partial charge in [-0.05, 0) is 32.1 Å². The number of piperidine rings is 1. The summed E-state index contributed by atoms with van der Waals surface area (Å²) in [5, 5.41) is 17.7. The topological polar surface area (TPSA) is 81.1 Å². The van der Waals surface area contributed by atoms with Crippen molar-refractivity contribution in [2.75, 3.05) is 33.3 Å². The third kappa shape index (κ3) is 5.06. The average molecular weight is 272 g/mol. The Morgan fingerprint density at radius 3 is 2.68 bits per heavy atom. The largest absolute Gasteiger partial charge is 0.481 e. The summed E-state index contributed by atoms with van der Waals surface area (Å²) in [5.41, 5.74) is 0. The van der Waals surface area contributed by atoms with Gasteiger partial charge in [0.15, 0.2) is 0 Å². The number of hydrogen-bond donors (Lipinski definition) is 2. The molecule has 0 unspecified atom stereocenters. The Bertz CT molecular complexity index is 309. The van der Waals surface area contributed by atoms with Crippen molar-refractivity contribution in [1.29, 1.82) is 0 Å². The molecule has 2 N–H and O–H groups in total. The van der Waals surface area contributed by atoms with Crippen LogP contribution in [0.3, 0.4) is 0 Å². The van der Waals surface area contributed by atoms with E-state index in [9.17, 15) is 9.59 Å². The number of nitrogens with zero attached hydrogens (tertiary/aromatic N) is 2. The second-order valence-corrected chi connectivity index (χ2v) is 5.11. The van der Waals surface area contributed by atoms with Crippen LogP contribution < -0.4 is 0 Å². The van der Waals surface area contributed by atoms with E-state index in [1.807, 2.05) is 0 Å². The molecule has 0 aromatic rings. The van der Waals surface area contributed by atoms with Crippen LogP contribution in [0.2, 0.25) is 0 Å². The van der Waals surface area contributed by atoms with Gasteiger partial charge < -0.3 is 20.0 Å². The summed E-state index contributed by atoms with van der Waals surface area (Å²) >= 11 is 0. The number of unbranched alkanes of at least 4 members (excludes halogenated alkanes) is 2. The average Bonchev–Trinajstić information content (AvgIpc) is 2.42. The van der Waals surface area contributed by atoms with E-state index in [1.165, 1.54) is 0 Å². The van der Waals surface area contributed by atoms with E-state index >= 15 is 0 Å². The molecule has 19 heavy (non-hydrogen) atoms. The summed E-state index contributed by atoms with van der Waals surface area (Å²) in [5.74, 6) is -1.25. The zero-order valence-electron chi connectivity index (χ0n) is 11.5. The molecule has 1 aliphatic heterocycles. The van der Waals surface area contributed by atoms with Crippen molar-refractivity contribution in [3.63, 3.8) is 0 Å². The number of urea groups is 1. The van der Waals surface area contributed by atoms with Crippen molar-refractivity contribution in [2.24, 2.45) is 5.92 Å². The molecule has 0 saturated carbocycles. The van der Waals surface area contributed by atoms with Gasteiger partial charge in [-0.1, -0.05) is 0 Å². The predicted octanol–water partition coefficient (Wildman–Crippen LogP) is 0.997. The van der Waals surface area contributed by atoms with Crippen LogP contribution in [0.4, 0.5) is 4.79 Å². The van der Waals surface area contributed by atoms with Gasteiger partial charge >= 0.3 is 12.0 Å². The number of amides is 2. The molecule has 1 fully saturated rings. The van der Waals surface area contributed by atoms with Gasteiger partial charge in [-0.25, -0.2) is 4.79 Å². The Kier molecular flexibility index (Phi) is 6.62. The Balaban J connectivity index is 2.36. The van der Waals surface area contributed by atoms with E-state index in [4.69, 9.17) is 10.2 Å². The number of rotatable bonds is 6. The highest BCUT2D eigenvalue weighted by molar-refractivity contribution is 5.76. The zero-order valence-corrected chi connectivity index (χ0v) is 11.5. The Labute approximate surface area is 114 Å². The van der Waals surface area contributed by atoms with Crippen LogP contribution in [0.25, 0.3) is 0 Å². The maximum absolute atomic E-state index is 12.1. The number of hydrogen-bond acceptors (Lipinski definition) is 3. The van der Waals surface area contributed by atoms with E-state index in [0.29, 0.717) is 26.1 Å². The van der Waals surface area contributed by atoms with Crippen molar-refractivity contribution in [1.82, 2.24) is 9.80 Å². The van der Waals surface area contributed by atoms with E-state index < -0.39 is 11.9 Å². The van der Waals surface area contributed by atoms with Gasteiger partial charge in [-0.3, -0.25) is 4.79 Å². The molecule has 1 aliphatic rings. The molecule has 0 aromatic carbocycles. The lowest BCUT2D eigenvalue weighted by Gasteiger charge is -2.33. The third-order valence-corrected chi connectivity index (χ3v) is 3.52. The van der Waals surface area contributed by atoms with Gasteiger partial charge in [0.1, 0.15) is 0 Å². The van der Waals surface area contributed by atoms with Crippen LogP contribution in [0, 0.1) is 5.92 Å². The maximum atomic E-state index is 12.1. The molecule has 0 aliphatic carbocycles. The molecule has 2 amide bonds. The van der Waals surface area contributed by atoms with E-state index in [-0.39, 0.29) is 12.6 Å². The summed E-state index contributed by atoms with van der Waals surface area (Å²) < 4.78 is 0. The molecule has 0 spiro atoms. The second kappa shape index (κ2) is 7.99. The molecule has 1 heterocycles. The van der Waals surface area contributed by atoms with Crippen molar-refractivity contribution in [3.8, 4) is 0 Å². The number of carboxylic acids is 1. The number of aliphatic hydroxyl groups excluding tert-OH is 1. The SMILES string of the molecule is CN(CCCCCO)C(=O)N1CCC[C@H](C(=O)O)C1. The number of aliphatic hydroxyl groups is 1. The van der Waals surface area contributed by atoms with Gasteiger partial charge in [0.2, 0.25) is 0 Å². The van der Waals surface area contributed by atoms with Crippen molar-refractivity contribution >= 4 is 12.0 Å². The van der Waals surface area contributed by atoms with E-state index in [0.717, 1.165) is 25.7 Å². The molecule has 0 bridgehead atoms. The highest BCUT2D eigenvalue weighted by Gasteiger charge is 2.29. The van der Waals surface area contributed by atoms with Crippen molar-refractivity contribution in [3.05, 3.63) is 0 Å². The molecule has 6 heteroatoms. The van der Waals surface area contributed by atoms with Crippen molar-refractivity contribution < 1.29 is 19.8 Å². The molecular formula is C13H24N2O4. The van der Waals surface area contributed by atoms with Gasteiger partial charge in [-0.2, -0.15) is 0 Å². The number of carbonyl (C=O) groups excluding carboxylic acids is 1. The van der Waals surface area contributed by atoms with E-state index in [2.05, 4.69) is 0 Å². The molecule has 6 nitrogen and oxygen atoms in total. The highest BCUT2D eigenvalue weighted by atomic mass is 16.4. The predicted molar refractivity (Wildman–Crippen MR) is 70.9 cm³/mol.